The number of aromatic nitrogens is 2. The highest BCUT2D eigenvalue weighted by molar-refractivity contribution is 14.0. The standard InChI is InChI=1S/C17H25N5S.HI/c1-13(15-5-7-23-12-15)8-19-17(18-2)22-6-4-14(11-22)16-9-20-21(3)10-16;/h5,7,9-10,12-14H,4,6,8,11H2,1-3H3,(H,18,19);1H. The van der Waals surface area contributed by atoms with Gasteiger partial charge in [-0.05, 0) is 40.3 Å². The van der Waals surface area contributed by atoms with E-state index in [0.717, 1.165) is 32.0 Å². The summed E-state index contributed by atoms with van der Waals surface area (Å²) in [6, 6.07) is 2.20. The number of hydrogen-bond donors (Lipinski definition) is 1. The molecule has 24 heavy (non-hydrogen) atoms. The molecular formula is C17H26IN5S. The lowest BCUT2D eigenvalue weighted by Crippen LogP contribution is -2.41. The number of aryl methyl sites for hydroxylation is 1. The molecule has 7 heteroatoms. The Kier molecular flexibility index (Phi) is 7.09. The number of halogens is 1. The molecule has 3 rings (SSSR count). The lowest BCUT2D eigenvalue weighted by molar-refractivity contribution is 0.482. The molecule has 1 aliphatic rings. The summed E-state index contributed by atoms with van der Waals surface area (Å²) in [5.74, 6) is 2.06. The molecule has 132 valence electrons. The van der Waals surface area contributed by atoms with Crippen LogP contribution in [0.2, 0.25) is 0 Å². The molecule has 1 aliphatic heterocycles. The van der Waals surface area contributed by atoms with Crippen molar-refractivity contribution in [2.45, 2.75) is 25.2 Å². The summed E-state index contributed by atoms with van der Waals surface area (Å²) in [6.07, 6.45) is 5.28. The number of likely N-dealkylation sites (tertiary alicyclic amines) is 1. The van der Waals surface area contributed by atoms with Crippen LogP contribution in [0.4, 0.5) is 0 Å². The first kappa shape index (κ1) is 19.2. The van der Waals surface area contributed by atoms with E-state index < -0.39 is 0 Å². The van der Waals surface area contributed by atoms with Gasteiger partial charge >= 0.3 is 0 Å². The zero-order chi connectivity index (χ0) is 16.2. The van der Waals surface area contributed by atoms with Crippen LogP contribution in [-0.2, 0) is 7.05 Å². The number of aliphatic imine (C=N–C) groups is 1. The quantitative estimate of drug-likeness (QED) is 0.434. The molecule has 0 saturated carbocycles. The molecule has 3 heterocycles. The molecule has 0 spiro atoms. The average molecular weight is 459 g/mol. The van der Waals surface area contributed by atoms with Gasteiger partial charge in [-0.1, -0.05) is 6.92 Å². The van der Waals surface area contributed by atoms with Crippen molar-refractivity contribution in [1.82, 2.24) is 20.0 Å². The van der Waals surface area contributed by atoms with Gasteiger partial charge < -0.3 is 10.2 Å². The molecule has 1 saturated heterocycles. The molecule has 0 radical (unpaired) electrons. The summed E-state index contributed by atoms with van der Waals surface area (Å²) in [7, 11) is 3.84. The second kappa shape index (κ2) is 8.84. The predicted molar refractivity (Wildman–Crippen MR) is 112 cm³/mol. The second-order valence-electron chi connectivity index (χ2n) is 6.26. The van der Waals surface area contributed by atoms with Crippen LogP contribution in [0.5, 0.6) is 0 Å². The van der Waals surface area contributed by atoms with Crippen molar-refractivity contribution < 1.29 is 0 Å². The third-order valence-corrected chi connectivity index (χ3v) is 5.28. The minimum absolute atomic E-state index is 0. The van der Waals surface area contributed by atoms with Crippen molar-refractivity contribution >= 4 is 41.3 Å². The molecule has 1 fully saturated rings. The Morgan fingerprint density at radius 2 is 2.38 bits per heavy atom. The van der Waals surface area contributed by atoms with Gasteiger partial charge in [0.15, 0.2) is 5.96 Å². The van der Waals surface area contributed by atoms with E-state index in [2.05, 4.69) is 50.3 Å². The SMILES string of the molecule is CN=C(NCC(C)c1ccsc1)N1CCC(c2cnn(C)c2)C1.I. The molecule has 2 unspecified atom stereocenters. The van der Waals surface area contributed by atoms with E-state index in [1.165, 1.54) is 11.1 Å². The first-order chi connectivity index (χ1) is 11.2. The van der Waals surface area contributed by atoms with E-state index in [9.17, 15) is 0 Å². The van der Waals surface area contributed by atoms with Gasteiger partial charge in [-0.25, -0.2) is 0 Å². The van der Waals surface area contributed by atoms with Gasteiger partial charge in [0.25, 0.3) is 0 Å². The van der Waals surface area contributed by atoms with Crippen LogP contribution in [0.15, 0.2) is 34.2 Å². The van der Waals surface area contributed by atoms with Gasteiger partial charge in [0.1, 0.15) is 0 Å². The summed E-state index contributed by atoms with van der Waals surface area (Å²) in [4.78, 5) is 6.83. The van der Waals surface area contributed by atoms with Crippen molar-refractivity contribution in [3.05, 3.63) is 40.3 Å². The number of rotatable bonds is 4. The maximum Gasteiger partial charge on any atom is 0.193 e. The fourth-order valence-corrected chi connectivity index (χ4v) is 3.91. The predicted octanol–water partition coefficient (Wildman–Crippen LogP) is 3.27. The Morgan fingerprint density at radius 3 is 3.00 bits per heavy atom. The highest BCUT2D eigenvalue weighted by atomic mass is 127. The maximum absolute atomic E-state index is 4.47. The van der Waals surface area contributed by atoms with Gasteiger partial charge in [-0.2, -0.15) is 16.4 Å². The number of thiophene rings is 1. The fraction of sp³-hybridized carbons (Fsp3) is 0.529. The molecule has 0 aliphatic carbocycles. The third-order valence-electron chi connectivity index (χ3n) is 4.57. The summed E-state index contributed by atoms with van der Waals surface area (Å²) in [5, 5.41) is 12.2. The zero-order valence-corrected chi connectivity index (χ0v) is 17.6. The van der Waals surface area contributed by atoms with Gasteiger partial charge in [0.2, 0.25) is 0 Å². The van der Waals surface area contributed by atoms with Gasteiger partial charge in [0, 0.05) is 45.8 Å². The Morgan fingerprint density at radius 1 is 1.54 bits per heavy atom. The Hall–Kier alpha value is -1.09. The number of guanidine groups is 1. The summed E-state index contributed by atoms with van der Waals surface area (Å²) < 4.78 is 1.88. The van der Waals surface area contributed by atoms with Crippen molar-refractivity contribution in [3.63, 3.8) is 0 Å². The van der Waals surface area contributed by atoms with Gasteiger partial charge in [-0.3, -0.25) is 9.67 Å². The van der Waals surface area contributed by atoms with Crippen LogP contribution in [0.1, 0.15) is 36.3 Å². The smallest absolute Gasteiger partial charge is 0.193 e. The molecule has 5 nitrogen and oxygen atoms in total. The van der Waals surface area contributed by atoms with Crippen molar-refractivity contribution in [2.75, 3.05) is 26.7 Å². The topological polar surface area (TPSA) is 45.5 Å². The van der Waals surface area contributed by atoms with E-state index in [0.29, 0.717) is 11.8 Å². The molecule has 0 amide bonds. The van der Waals surface area contributed by atoms with Crippen LogP contribution < -0.4 is 5.32 Å². The minimum Gasteiger partial charge on any atom is -0.356 e. The summed E-state index contributed by atoms with van der Waals surface area (Å²) in [6.45, 7) is 5.23. The van der Waals surface area contributed by atoms with Crippen LogP contribution in [0, 0.1) is 0 Å². The molecule has 1 N–H and O–H groups in total. The third kappa shape index (κ3) is 4.50. The van der Waals surface area contributed by atoms with E-state index >= 15 is 0 Å². The van der Waals surface area contributed by atoms with Gasteiger partial charge in [0.05, 0.1) is 6.20 Å². The van der Waals surface area contributed by atoms with Crippen LogP contribution in [-0.4, -0.2) is 47.3 Å². The van der Waals surface area contributed by atoms with E-state index in [1.54, 1.807) is 11.3 Å². The highest BCUT2D eigenvalue weighted by Crippen LogP contribution is 2.26. The van der Waals surface area contributed by atoms with E-state index in [4.69, 9.17) is 0 Å². The zero-order valence-electron chi connectivity index (χ0n) is 14.5. The monoisotopic (exact) mass is 459 g/mol. The van der Waals surface area contributed by atoms with Crippen LogP contribution >= 0.6 is 35.3 Å². The molecule has 2 aromatic heterocycles. The number of nitrogens with one attached hydrogen (secondary N) is 1. The Balaban J connectivity index is 0.00000208. The lowest BCUT2D eigenvalue weighted by Gasteiger charge is -2.23. The molecular weight excluding hydrogens is 433 g/mol. The first-order valence-electron chi connectivity index (χ1n) is 8.13. The minimum atomic E-state index is 0. The average Bonchev–Trinajstić information content (AvgIpc) is 3.28. The largest absolute Gasteiger partial charge is 0.356 e. The molecule has 0 aromatic carbocycles. The molecule has 0 bridgehead atoms. The normalized spacial score (nSPS) is 19.2. The maximum atomic E-state index is 4.47. The first-order valence-corrected chi connectivity index (χ1v) is 9.08. The van der Waals surface area contributed by atoms with Crippen molar-refractivity contribution in [2.24, 2.45) is 12.0 Å². The van der Waals surface area contributed by atoms with Crippen LogP contribution in [0.3, 0.4) is 0 Å². The summed E-state index contributed by atoms with van der Waals surface area (Å²) >= 11 is 1.76. The van der Waals surface area contributed by atoms with Crippen LogP contribution in [0.25, 0.3) is 0 Å². The van der Waals surface area contributed by atoms with E-state index in [-0.39, 0.29) is 24.0 Å². The number of nitrogens with zero attached hydrogens (tertiary/aromatic N) is 4. The fourth-order valence-electron chi connectivity index (χ4n) is 3.13. The molecule has 2 atom stereocenters. The van der Waals surface area contributed by atoms with Gasteiger partial charge in [-0.15, -0.1) is 24.0 Å². The second-order valence-corrected chi connectivity index (χ2v) is 7.04. The lowest BCUT2D eigenvalue weighted by atomic mass is 10.0. The Bertz CT molecular complexity index is 652. The van der Waals surface area contributed by atoms with Crippen molar-refractivity contribution in [1.29, 1.82) is 0 Å². The van der Waals surface area contributed by atoms with Crippen molar-refractivity contribution in [3.8, 4) is 0 Å². The summed E-state index contributed by atoms with van der Waals surface area (Å²) in [5.41, 5.74) is 2.73. The molecule has 2 aromatic rings. The Labute approximate surface area is 165 Å². The number of hydrogen-bond acceptors (Lipinski definition) is 3. The van der Waals surface area contributed by atoms with E-state index in [1.807, 2.05) is 25.0 Å². The highest BCUT2D eigenvalue weighted by Gasteiger charge is 2.27.